The molecule has 2 aliphatic heterocycles. The normalized spacial score (nSPS) is 15.4. The number of rotatable bonds is 31. The Labute approximate surface area is 315 Å². The van der Waals surface area contributed by atoms with Crippen LogP contribution in [0.3, 0.4) is 0 Å². The van der Waals surface area contributed by atoms with Gasteiger partial charge in [0.05, 0.1) is 103 Å². The van der Waals surface area contributed by atoms with E-state index in [1.165, 1.54) is 6.07 Å². The number of carbonyl (C=O) groups is 6. The molecule has 2 aliphatic rings. The first-order chi connectivity index (χ1) is 26.3. The van der Waals surface area contributed by atoms with Gasteiger partial charge >= 0.3 is 5.97 Å². The van der Waals surface area contributed by atoms with Crippen molar-refractivity contribution in [2.24, 2.45) is 0 Å². The summed E-state index contributed by atoms with van der Waals surface area (Å²) in [7, 11) is 0. The molecule has 5 amide bonds. The number of fused-ring (bicyclic) bond motifs is 1. The summed E-state index contributed by atoms with van der Waals surface area (Å²) in [5.74, 6) is -2.93. The summed E-state index contributed by atoms with van der Waals surface area (Å²) in [5, 5.41) is 4.90. The van der Waals surface area contributed by atoms with Crippen molar-refractivity contribution in [2.45, 2.75) is 64.3 Å². The molecule has 17 heteroatoms. The van der Waals surface area contributed by atoms with Crippen LogP contribution in [-0.4, -0.2) is 146 Å². The second-order valence-corrected chi connectivity index (χ2v) is 12.3. The molecule has 0 radical (unpaired) electrons. The third kappa shape index (κ3) is 16.7. The molecule has 2 heterocycles. The number of hydrogen-bond acceptors (Lipinski definition) is 14. The maximum absolute atomic E-state index is 13.2. The molecule has 1 aromatic carbocycles. The van der Waals surface area contributed by atoms with Gasteiger partial charge in [0.2, 0.25) is 17.7 Å². The van der Waals surface area contributed by atoms with E-state index in [0.29, 0.717) is 105 Å². The summed E-state index contributed by atoms with van der Waals surface area (Å²) in [6.45, 7) is 8.45. The molecule has 0 bridgehead atoms. The van der Waals surface area contributed by atoms with Crippen molar-refractivity contribution in [3.05, 3.63) is 29.3 Å². The number of unbranched alkanes of at least 4 members (excludes halogenated alkanes) is 2. The number of hydrogen-bond donors (Lipinski definition) is 2. The van der Waals surface area contributed by atoms with Gasteiger partial charge in [-0.15, -0.1) is 0 Å². The molecule has 0 spiro atoms. The zero-order valence-electron chi connectivity index (χ0n) is 31.2. The van der Waals surface area contributed by atoms with Crippen LogP contribution in [-0.2, 0) is 57.1 Å². The second kappa shape index (κ2) is 26.9. The summed E-state index contributed by atoms with van der Waals surface area (Å²) >= 11 is 0. The van der Waals surface area contributed by atoms with Crippen LogP contribution in [0.1, 0.15) is 79.0 Å². The highest BCUT2D eigenvalue weighted by Crippen LogP contribution is 2.32. The summed E-state index contributed by atoms with van der Waals surface area (Å²) in [5.41, 5.74) is 0.377. The Kier molecular flexibility index (Phi) is 22.2. The van der Waals surface area contributed by atoms with Crippen molar-refractivity contribution in [3.8, 4) is 0 Å². The minimum atomic E-state index is -1.07. The average molecular weight is 766 g/mol. The van der Waals surface area contributed by atoms with Crippen LogP contribution in [0.5, 0.6) is 0 Å². The van der Waals surface area contributed by atoms with Crippen molar-refractivity contribution < 1.29 is 66.7 Å². The fourth-order valence-corrected chi connectivity index (χ4v) is 5.41. The first kappa shape index (κ1) is 44.6. The van der Waals surface area contributed by atoms with E-state index in [2.05, 4.69) is 10.6 Å². The van der Waals surface area contributed by atoms with Crippen LogP contribution >= 0.6 is 0 Å². The Bertz CT molecular complexity index is 1340. The molecule has 0 saturated carbocycles. The molecule has 1 fully saturated rings. The minimum absolute atomic E-state index is 0.0272. The Morgan fingerprint density at radius 1 is 0.685 bits per heavy atom. The van der Waals surface area contributed by atoms with Gasteiger partial charge in [0.1, 0.15) is 12.6 Å². The molecule has 0 aromatic heterocycles. The van der Waals surface area contributed by atoms with E-state index in [0.717, 1.165) is 24.2 Å². The molecule has 302 valence electrons. The van der Waals surface area contributed by atoms with Gasteiger partial charge in [-0.3, -0.25) is 39.0 Å². The number of anilines is 1. The van der Waals surface area contributed by atoms with Crippen molar-refractivity contribution in [3.63, 3.8) is 0 Å². The smallest absolute Gasteiger partial charge is 0.305 e. The molecule has 1 unspecified atom stereocenters. The maximum Gasteiger partial charge on any atom is 0.305 e. The largest absolute Gasteiger partial charge is 0.463 e. The Morgan fingerprint density at radius 2 is 1.22 bits per heavy atom. The van der Waals surface area contributed by atoms with Gasteiger partial charge < -0.3 is 43.2 Å². The predicted molar refractivity (Wildman–Crippen MR) is 192 cm³/mol. The standard InChI is InChI=1S/C37H55N3O14/c1-2-7-33(43)54-27-26-53-25-24-52-23-22-51-21-20-50-19-18-49-17-16-48-15-14-47-13-5-3-4-10-31(41)38-29-9-6-8-28-34(29)37(46)40(36(28)45)30-11-12-32(42)39-35(30)44/h6,8-9,30H,2-5,7,10-27H2,1H3,(H,38,41)(H,39,42,44). The number of imide groups is 2. The van der Waals surface area contributed by atoms with E-state index in [9.17, 15) is 28.8 Å². The van der Waals surface area contributed by atoms with Crippen LogP contribution in [0, 0.1) is 0 Å². The van der Waals surface area contributed by atoms with Crippen LogP contribution in [0.4, 0.5) is 5.69 Å². The predicted octanol–water partition coefficient (Wildman–Crippen LogP) is 2.05. The summed E-state index contributed by atoms with van der Waals surface area (Å²) in [4.78, 5) is 74.7. The molecule has 3 rings (SSSR count). The van der Waals surface area contributed by atoms with E-state index in [-0.39, 0.29) is 54.6 Å². The highest BCUT2D eigenvalue weighted by molar-refractivity contribution is 6.26. The van der Waals surface area contributed by atoms with Crippen molar-refractivity contribution in [1.29, 1.82) is 0 Å². The number of nitrogens with one attached hydrogen (secondary N) is 2. The molecule has 0 aliphatic carbocycles. The molecule has 1 saturated heterocycles. The lowest BCUT2D eigenvalue weighted by Crippen LogP contribution is -2.54. The van der Waals surface area contributed by atoms with Crippen molar-refractivity contribution in [1.82, 2.24) is 10.2 Å². The summed E-state index contributed by atoms with van der Waals surface area (Å²) < 4.78 is 43.2. The Balaban J connectivity index is 1.06. The zero-order chi connectivity index (χ0) is 38.8. The molecule has 1 atom stereocenters. The van der Waals surface area contributed by atoms with E-state index in [1.807, 2.05) is 6.92 Å². The quantitative estimate of drug-likeness (QED) is 0.0632. The second-order valence-electron chi connectivity index (χ2n) is 12.3. The highest BCUT2D eigenvalue weighted by Gasteiger charge is 2.45. The molecule has 1 aromatic rings. The molecule has 54 heavy (non-hydrogen) atoms. The lowest BCUT2D eigenvalue weighted by Gasteiger charge is -2.27. The lowest BCUT2D eigenvalue weighted by molar-refractivity contribution is -0.145. The van der Waals surface area contributed by atoms with Crippen LogP contribution in [0.15, 0.2) is 18.2 Å². The topological polar surface area (TPSA) is 204 Å². The van der Waals surface area contributed by atoms with Crippen LogP contribution in [0.25, 0.3) is 0 Å². The van der Waals surface area contributed by atoms with E-state index in [4.69, 9.17) is 37.9 Å². The van der Waals surface area contributed by atoms with Gasteiger partial charge in [-0.1, -0.05) is 19.4 Å². The molecule has 2 N–H and O–H groups in total. The number of ether oxygens (including phenoxy) is 8. The van der Waals surface area contributed by atoms with E-state index < -0.39 is 29.7 Å². The fraction of sp³-hybridized carbons (Fsp3) is 0.676. The minimum Gasteiger partial charge on any atom is -0.463 e. The third-order valence-electron chi connectivity index (χ3n) is 8.11. The SMILES string of the molecule is CCCC(=O)OCCOCCOCCOCCOCCOCCOCCOCCCCCC(=O)Nc1cccc2c1C(=O)N(C1CCC(=O)NC1=O)C2=O. The van der Waals surface area contributed by atoms with Crippen LogP contribution in [0.2, 0.25) is 0 Å². The van der Waals surface area contributed by atoms with Gasteiger partial charge in [-0.25, -0.2) is 0 Å². The fourth-order valence-electron chi connectivity index (χ4n) is 5.41. The molecular formula is C37H55N3O14. The van der Waals surface area contributed by atoms with Crippen molar-refractivity contribution >= 4 is 41.2 Å². The number of esters is 1. The monoisotopic (exact) mass is 765 g/mol. The lowest BCUT2D eigenvalue weighted by atomic mass is 10.0. The maximum atomic E-state index is 13.2. The molecular weight excluding hydrogens is 710 g/mol. The number of carbonyl (C=O) groups excluding carboxylic acids is 6. The summed E-state index contributed by atoms with van der Waals surface area (Å²) in [6.07, 6.45) is 3.64. The average Bonchev–Trinajstić information content (AvgIpc) is 3.40. The Hall–Kier alpha value is -3.84. The highest BCUT2D eigenvalue weighted by atomic mass is 16.6. The van der Waals surface area contributed by atoms with Crippen LogP contribution < -0.4 is 10.6 Å². The molecule has 17 nitrogen and oxygen atoms in total. The van der Waals surface area contributed by atoms with Crippen molar-refractivity contribution in [2.75, 3.05) is 104 Å². The van der Waals surface area contributed by atoms with E-state index in [1.54, 1.807) is 12.1 Å². The van der Waals surface area contributed by atoms with Gasteiger partial charge in [0, 0.05) is 25.9 Å². The van der Waals surface area contributed by atoms with Gasteiger partial charge in [0.25, 0.3) is 11.8 Å². The van der Waals surface area contributed by atoms with Gasteiger partial charge in [-0.05, 0) is 37.8 Å². The van der Waals surface area contributed by atoms with Gasteiger partial charge in [0.15, 0.2) is 0 Å². The first-order valence-electron chi connectivity index (χ1n) is 18.7. The Morgan fingerprint density at radius 3 is 1.76 bits per heavy atom. The first-order valence-corrected chi connectivity index (χ1v) is 18.7. The zero-order valence-corrected chi connectivity index (χ0v) is 31.2. The number of nitrogens with zero attached hydrogens (tertiary/aromatic N) is 1. The number of benzene rings is 1. The van der Waals surface area contributed by atoms with Gasteiger partial charge in [-0.2, -0.15) is 0 Å². The third-order valence-corrected chi connectivity index (χ3v) is 8.11. The summed E-state index contributed by atoms with van der Waals surface area (Å²) in [6, 6.07) is 3.52. The number of piperidine rings is 1. The number of amides is 5. The van der Waals surface area contributed by atoms with E-state index >= 15 is 0 Å².